The summed E-state index contributed by atoms with van der Waals surface area (Å²) < 4.78 is 5.86. The molecule has 114 valence electrons. The van der Waals surface area contributed by atoms with Gasteiger partial charge in [0.05, 0.1) is 0 Å². The molecular weight excluding hydrogens is 266 g/mol. The Labute approximate surface area is 125 Å². The van der Waals surface area contributed by atoms with E-state index in [2.05, 4.69) is 16.0 Å². The lowest BCUT2D eigenvalue weighted by Gasteiger charge is -2.13. The Hall–Kier alpha value is -2.01. The third-order valence-corrected chi connectivity index (χ3v) is 3.41. The fraction of sp³-hybridized carbons (Fsp3) is 0.438. The molecule has 1 aliphatic heterocycles. The second-order valence-electron chi connectivity index (χ2n) is 5.18. The highest BCUT2D eigenvalue weighted by Crippen LogP contribution is 2.16. The molecule has 1 heterocycles. The number of hydrogen-bond donors (Lipinski definition) is 3. The Kier molecular flexibility index (Phi) is 5.63. The van der Waals surface area contributed by atoms with Crippen LogP contribution < -0.4 is 20.7 Å². The zero-order chi connectivity index (χ0) is 15.1. The second kappa shape index (κ2) is 7.69. The Balaban J connectivity index is 1.82. The van der Waals surface area contributed by atoms with Crippen molar-refractivity contribution in [3.05, 3.63) is 41.6 Å². The first-order valence-corrected chi connectivity index (χ1v) is 7.27. The molecule has 1 aliphatic rings. The fourth-order valence-corrected chi connectivity index (χ4v) is 2.21. The van der Waals surface area contributed by atoms with Gasteiger partial charge >= 0.3 is 0 Å². The van der Waals surface area contributed by atoms with Crippen molar-refractivity contribution in [2.45, 2.75) is 26.0 Å². The Morgan fingerprint density at radius 1 is 1.43 bits per heavy atom. The summed E-state index contributed by atoms with van der Waals surface area (Å²) in [7, 11) is 1.77. The van der Waals surface area contributed by atoms with Gasteiger partial charge in [-0.2, -0.15) is 0 Å². The molecule has 3 N–H and O–H groups in total. The van der Waals surface area contributed by atoms with Crippen LogP contribution in [0, 0.1) is 0 Å². The van der Waals surface area contributed by atoms with Crippen LogP contribution in [0.3, 0.4) is 0 Å². The van der Waals surface area contributed by atoms with Crippen molar-refractivity contribution < 1.29 is 9.53 Å². The number of rotatable bonds is 6. The molecular formula is C16H23N3O2. The molecule has 21 heavy (non-hydrogen) atoms. The van der Waals surface area contributed by atoms with E-state index in [0.29, 0.717) is 12.1 Å². The van der Waals surface area contributed by atoms with Crippen LogP contribution in [0.25, 0.3) is 0 Å². The zero-order valence-electron chi connectivity index (χ0n) is 12.6. The maximum atomic E-state index is 11.8. The van der Waals surface area contributed by atoms with Crippen LogP contribution in [0.2, 0.25) is 0 Å². The standard InChI is InChI=1S/C16H23N3O2/c1-12(9-17-2)16(20)19-10-13-3-5-14(6-4-13)21-15-7-8-18-11-15/h3-6,9,15,17-18H,7-8,10-11H2,1-2H3,(H,19,20)/b12-9+/t15-/m1/s1. The van der Waals surface area contributed by atoms with Crippen molar-refractivity contribution in [1.82, 2.24) is 16.0 Å². The minimum Gasteiger partial charge on any atom is -0.489 e. The summed E-state index contributed by atoms with van der Waals surface area (Å²) in [6.07, 6.45) is 3.00. The number of carbonyl (C=O) groups excluding carboxylic acids is 1. The van der Waals surface area contributed by atoms with E-state index in [0.717, 1.165) is 30.8 Å². The van der Waals surface area contributed by atoms with Gasteiger partial charge in [0.2, 0.25) is 5.91 Å². The van der Waals surface area contributed by atoms with Crippen molar-refractivity contribution in [1.29, 1.82) is 0 Å². The summed E-state index contributed by atoms with van der Waals surface area (Å²) >= 11 is 0. The first-order chi connectivity index (χ1) is 10.2. The lowest BCUT2D eigenvalue weighted by atomic mass is 10.2. The van der Waals surface area contributed by atoms with Crippen LogP contribution in [0.1, 0.15) is 18.9 Å². The van der Waals surface area contributed by atoms with Crippen LogP contribution in [-0.2, 0) is 11.3 Å². The van der Waals surface area contributed by atoms with Crippen molar-refractivity contribution in [3.8, 4) is 5.75 Å². The maximum Gasteiger partial charge on any atom is 0.248 e. The number of hydrogen-bond acceptors (Lipinski definition) is 4. The van der Waals surface area contributed by atoms with Crippen LogP contribution in [0.5, 0.6) is 5.75 Å². The van der Waals surface area contributed by atoms with E-state index in [9.17, 15) is 4.79 Å². The smallest absolute Gasteiger partial charge is 0.248 e. The predicted molar refractivity (Wildman–Crippen MR) is 83.0 cm³/mol. The van der Waals surface area contributed by atoms with E-state index in [1.807, 2.05) is 24.3 Å². The molecule has 0 spiro atoms. The average molecular weight is 289 g/mol. The SMILES string of the molecule is CN/C=C(\C)C(=O)NCc1ccc(O[C@@H]2CCNC2)cc1. The van der Waals surface area contributed by atoms with Crippen molar-refractivity contribution in [2.24, 2.45) is 0 Å². The number of nitrogens with one attached hydrogen (secondary N) is 3. The first kappa shape index (κ1) is 15.4. The van der Waals surface area contributed by atoms with Gasteiger partial charge in [-0.05, 0) is 37.6 Å². The topological polar surface area (TPSA) is 62.4 Å². The number of benzene rings is 1. The minimum atomic E-state index is -0.0679. The van der Waals surface area contributed by atoms with Crippen LogP contribution >= 0.6 is 0 Å². The van der Waals surface area contributed by atoms with Crippen molar-refractivity contribution in [3.63, 3.8) is 0 Å². The molecule has 1 aromatic carbocycles. The van der Waals surface area contributed by atoms with Gasteiger partial charge in [0.25, 0.3) is 0 Å². The van der Waals surface area contributed by atoms with Crippen LogP contribution in [0.4, 0.5) is 0 Å². The summed E-state index contributed by atoms with van der Waals surface area (Å²) in [5, 5.41) is 9.00. The fourth-order valence-electron chi connectivity index (χ4n) is 2.21. The van der Waals surface area contributed by atoms with Gasteiger partial charge < -0.3 is 20.7 Å². The molecule has 0 unspecified atom stereocenters. The number of carbonyl (C=O) groups is 1. The van der Waals surface area contributed by atoms with Gasteiger partial charge in [0.15, 0.2) is 0 Å². The highest BCUT2D eigenvalue weighted by molar-refractivity contribution is 5.92. The highest BCUT2D eigenvalue weighted by Gasteiger charge is 2.15. The molecule has 1 saturated heterocycles. The summed E-state index contributed by atoms with van der Waals surface area (Å²) in [5.74, 6) is 0.812. The monoisotopic (exact) mass is 289 g/mol. The molecule has 2 rings (SSSR count). The molecule has 5 nitrogen and oxygen atoms in total. The summed E-state index contributed by atoms with van der Waals surface area (Å²) in [6.45, 7) is 4.22. The van der Waals surface area contributed by atoms with E-state index < -0.39 is 0 Å². The van der Waals surface area contributed by atoms with E-state index in [1.165, 1.54) is 0 Å². The first-order valence-electron chi connectivity index (χ1n) is 7.27. The van der Waals surface area contributed by atoms with E-state index in [-0.39, 0.29) is 12.0 Å². The third-order valence-electron chi connectivity index (χ3n) is 3.41. The maximum absolute atomic E-state index is 11.8. The second-order valence-corrected chi connectivity index (χ2v) is 5.18. The van der Waals surface area contributed by atoms with Gasteiger partial charge in [-0.1, -0.05) is 12.1 Å². The molecule has 0 aromatic heterocycles. The van der Waals surface area contributed by atoms with Crippen LogP contribution in [-0.4, -0.2) is 32.1 Å². The van der Waals surface area contributed by atoms with Gasteiger partial charge in [-0.25, -0.2) is 0 Å². The largest absolute Gasteiger partial charge is 0.489 e. The summed E-state index contributed by atoms with van der Waals surface area (Å²) in [4.78, 5) is 11.8. The molecule has 0 aliphatic carbocycles. The van der Waals surface area contributed by atoms with Gasteiger partial charge in [0, 0.05) is 31.9 Å². The Morgan fingerprint density at radius 3 is 2.81 bits per heavy atom. The lowest BCUT2D eigenvalue weighted by molar-refractivity contribution is -0.117. The predicted octanol–water partition coefficient (Wildman–Crippen LogP) is 1.17. The van der Waals surface area contributed by atoms with Gasteiger partial charge in [-0.15, -0.1) is 0 Å². The minimum absolute atomic E-state index is 0.0679. The highest BCUT2D eigenvalue weighted by atomic mass is 16.5. The molecule has 0 radical (unpaired) electrons. The summed E-state index contributed by atoms with van der Waals surface area (Å²) in [5.41, 5.74) is 1.71. The molecule has 1 aromatic rings. The van der Waals surface area contributed by atoms with Gasteiger partial charge in [-0.3, -0.25) is 4.79 Å². The molecule has 1 amide bonds. The molecule has 1 fully saturated rings. The molecule has 5 heteroatoms. The molecule has 0 bridgehead atoms. The van der Waals surface area contributed by atoms with Gasteiger partial charge in [0.1, 0.15) is 11.9 Å². The molecule has 0 saturated carbocycles. The average Bonchev–Trinajstić information content (AvgIpc) is 2.99. The summed E-state index contributed by atoms with van der Waals surface area (Å²) in [6, 6.07) is 7.87. The Bertz CT molecular complexity index is 491. The van der Waals surface area contributed by atoms with E-state index >= 15 is 0 Å². The number of amides is 1. The Morgan fingerprint density at radius 2 is 2.19 bits per heavy atom. The van der Waals surface area contributed by atoms with Crippen LogP contribution in [0.15, 0.2) is 36.0 Å². The van der Waals surface area contributed by atoms with E-state index in [4.69, 9.17) is 4.74 Å². The van der Waals surface area contributed by atoms with E-state index in [1.54, 1.807) is 20.2 Å². The zero-order valence-corrected chi connectivity index (χ0v) is 12.6. The van der Waals surface area contributed by atoms with Crippen molar-refractivity contribution in [2.75, 3.05) is 20.1 Å². The molecule has 1 atom stereocenters. The normalized spacial score (nSPS) is 18.4. The third kappa shape index (κ3) is 4.79. The van der Waals surface area contributed by atoms with Crippen molar-refractivity contribution >= 4 is 5.91 Å². The lowest BCUT2D eigenvalue weighted by Crippen LogP contribution is -2.24. The quantitative estimate of drug-likeness (QED) is 0.688. The number of ether oxygens (including phenoxy) is 1.